The molecule has 1 aliphatic heterocycles. The molecule has 18 heavy (non-hydrogen) atoms. The van der Waals surface area contributed by atoms with Crippen LogP contribution in [-0.4, -0.2) is 38.1 Å². The van der Waals surface area contributed by atoms with Crippen LogP contribution in [0.5, 0.6) is 0 Å². The molecule has 0 aliphatic carbocycles. The Balaban J connectivity index is 2.23. The first-order valence-corrected chi connectivity index (χ1v) is 6.93. The Morgan fingerprint density at radius 3 is 2.67 bits per heavy atom. The number of carbonyl (C=O) groups is 1. The molecule has 0 spiro atoms. The molecule has 1 saturated heterocycles. The van der Waals surface area contributed by atoms with Crippen LogP contribution in [0.1, 0.15) is 17.9 Å². The lowest BCUT2D eigenvalue weighted by atomic mass is 9.80. The first-order chi connectivity index (χ1) is 8.61. The fourth-order valence-corrected chi connectivity index (χ4v) is 2.88. The standard InChI is InChI=1S/C14H18BrNO2/c1-16-8-7-12(13(9-16)14(17)18-2)10-3-5-11(15)6-4-10/h3-6,12-13H,7-9H2,1-2H3/t12-,13+/m1/s1. The minimum absolute atomic E-state index is 0.0603. The predicted molar refractivity (Wildman–Crippen MR) is 74.5 cm³/mol. The molecular formula is C14H18BrNO2. The van der Waals surface area contributed by atoms with Crippen LogP contribution in [0.25, 0.3) is 0 Å². The van der Waals surface area contributed by atoms with Crippen LogP contribution >= 0.6 is 15.9 Å². The van der Waals surface area contributed by atoms with Crippen molar-refractivity contribution in [3.63, 3.8) is 0 Å². The van der Waals surface area contributed by atoms with Gasteiger partial charge in [-0.15, -0.1) is 0 Å². The van der Waals surface area contributed by atoms with Gasteiger partial charge in [-0.25, -0.2) is 0 Å². The zero-order valence-electron chi connectivity index (χ0n) is 10.7. The summed E-state index contributed by atoms with van der Waals surface area (Å²) in [5.41, 5.74) is 1.22. The van der Waals surface area contributed by atoms with Gasteiger partial charge in [-0.2, -0.15) is 0 Å². The maximum absolute atomic E-state index is 11.9. The Kier molecular flexibility index (Phi) is 4.40. The number of nitrogens with zero attached hydrogens (tertiary/aromatic N) is 1. The van der Waals surface area contributed by atoms with Crippen LogP contribution in [0, 0.1) is 5.92 Å². The highest BCUT2D eigenvalue weighted by molar-refractivity contribution is 9.10. The van der Waals surface area contributed by atoms with Gasteiger partial charge < -0.3 is 9.64 Å². The summed E-state index contributed by atoms with van der Waals surface area (Å²) in [6.07, 6.45) is 0.998. The number of ether oxygens (including phenoxy) is 1. The average Bonchev–Trinajstić information content (AvgIpc) is 2.39. The van der Waals surface area contributed by atoms with Crippen molar-refractivity contribution in [3.05, 3.63) is 34.3 Å². The van der Waals surface area contributed by atoms with Crippen molar-refractivity contribution < 1.29 is 9.53 Å². The molecule has 4 heteroatoms. The number of halogens is 1. The highest BCUT2D eigenvalue weighted by atomic mass is 79.9. The monoisotopic (exact) mass is 311 g/mol. The van der Waals surface area contributed by atoms with Crippen LogP contribution in [-0.2, 0) is 9.53 Å². The molecular weight excluding hydrogens is 294 g/mol. The topological polar surface area (TPSA) is 29.5 Å². The zero-order chi connectivity index (χ0) is 13.1. The van der Waals surface area contributed by atoms with E-state index in [1.54, 1.807) is 0 Å². The number of piperidine rings is 1. The van der Waals surface area contributed by atoms with Gasteiger partial charge >= 0.3 is 5.97 Å². The van der Waals surface area contributed by atoms with Crippen molar-refractivity contribution in [2.45, 2.75) is 12.3 Å². The molecule has 2 rings (SSSR count). The van der Waals surface area contributed by atoms with Gasteiger partial charge in [0.1, 0.15) is 0 Å². The van der Waals surface area contributed by atoms with E-state index in [1.165, 1.54) is 12.7 Å². The van der Waals surface area contributed by atoms with Gasteiger partial charge in [-0.1, -0.05) is 28.1 Å². The first-order valence-electron chi connectivity index (χ1n) is 6.13. The Hall–Kier alpha value is -0.870. The molecule has 98 valence electrons. The van der Waals surface area contributed by atoms with Gasteiger partial charge in [0, 0.05) is 11.0 Å². The fraction of sp³-hybridized carbons (Fsp3) is 0.500. The molecule has 1 aromatic carbocycles. The van der Waals surface area contributed by atoms with Crippen LogP contribution in [0.2, 0.25) is 0 Å². The third-order valence-corrected chi connectivity index (χ3v) is 4.15. The Bertz CT molecular complexity index is 418. The summed E-state index contributed by atoms with van der Waals surface area (Å²) in [5.74, 6) is 0.103. The van der Waals surface area contributed by atoms with Crippen molar-refractivity contribution in [2.24, 2.45) is 5.92 Å². The molecule has 2 atom stereocenters. The van der Waals surface area contributed by atoms with Crippen LogP contribution in [0.4, 0.5) is 0 Å². The number of hydrogen-bond donors (Lipinski definition) is 0. The molecule has 1 aliphatic rings. The van der Waals surface area contributed by atoms with E-state index in [9.17, 15) is 4.79 Å². The second-order valence-electron chi connectivity index (χ2n) is 4.84. The number of carbonyl (C=O) groups excluding carboxylic acids is 1. The zero-order valence-corrected chi connectivity index (χ0v) is 12.3. The van der Waals surface area contributed by atoms with Gasteiger partial charge in [-0.3, -0.25) is 4.79 Å². The lowest BCUT2D eigenvalue weighted by molar-refractivity contribution is -0.148. The number of benzene rings is 1. The lowest BCUT2D eigenvalue weighted by Gasteiger charge is -2.35. The van der Waals surface area contributed by atoms with E-state index >= 15 is 0 Å². The maximum Gasteiger partial charge on any atom is 0.310 e. The van der Waals surface area contributed by atoms with Crippen LogP contribution in [0.3, 0.4) is 0 Å². The van der Waals surface area contributed by atoms with E-state index in [0.717, 1.165) is 24.0 Å². The second-order valence-corrected chi connectivity index (χ2v) is 5.75. The molecule has 0 N–H and O–H groups in total. The van der Waals surface area contributed by atoms with E-state index in [0.29, 0.717) is 0 Å². The predicted octanol–water partition coefficient (Wildman–Crippen LogP) is 2.66. The number of likely N-dealkylation sites (tertiary alicyclic amines) is 1. The fourth-order valence-electron chi connectivity index (χ4n) is 2.61. The third-order valence-electron chi connectivity index (χ3n) is 3.62. The molecule has 0 saturated carbocycles. The Morgan fingerprint density at radius 2 is 2.06 bits per heavy atom. The molecule has 1 aromatic rings. The van der Waals surface area contributed by atoms with Crippen molar-refractivity contribution >= 4 is 21.9 Å². The smallest absolute Gasteiger partial charge is 0.310 e. The number of esters is 1. The van der Waals surface area contributed by atoms with E-state index in [4.69, 9.17) is 4.74 Å². The van der Waals surface area contributed by atoms with Crippen LogP contribution < -0.4 is 0 Å². The summed E-state index contributed by atoms with van der Waals surface area (Å²) >= 11 is 3.44. The molecule has 1 fully saturated rings. The maximum atomic E-state index is 11.9. The molecule has 0 bridgehead atoms. The van der Waals surface area contributed by atoms with Crippen LogP contribution in [0.15, 0.2) is 28.7 Å². The minimum Gasteiger partial charge on any atom is -0.469 e. The largest absolute Gasteiger partial charge is 0.469 e. The van der Waals surface area contributed by atoms with E-state index in [-0.39, 0.29) is 17.8 Å². The van der Waals surface area contributed by atoms with Crippen molar-refractivity contribution in [1.82, 2.24) is 4.90 Å². The molecule has 0 unspecified atom stereocenters. The Morgan fingerprint density at radius 1 is 1.39 bits per heavy atom. The average molecular weight is 312 g/mol. The van der Waals surface area contributed by atoms with E-state index < -0.39 is 0 Å². The summed E-state index contributed by atoms with van der Waals surface area (Å²) in [6.45, 7) is 1.79. The highest BCUT2D eigenvalue weighted by Crippen LogP contribution is 2.33. The molecule has 3 nitrogen and oxygen atoms in total. The first kappa shape index (κ1) is 13.6. The molecule has 0 radical (unpaired) electrons. The van der Waals surface area contributed by atoms with Crippen molar-refractivity contribution in [1.29, 1.82) is 0 Å². The molecule has 1 heterocycles. The summed E-state index contributed by atoms with van der Waals surface area (Å²) in [6, 6.07) is 8.25. The van der Waals surface area contributed by atoms with Gasteiger partial charge in [0.2, 0.25) is 0 Å². The third kappa shape index (κ3) is 2.93. The second kappa shape index (κ2) is 5.85. The van der Waals surface area contributed by atoms with Crippen molar-refractivity contribution in [3.8, 4) is 0 Å². The van der Waals surface area contributed by atoms with E-state index in [1.807, 2.05) is 19.2 Å². The lowest BCUT2D eigenvalue weighted by Crippen LogP contribution is -2.41. The molecule has 0 amide bonds. The van der Waals surface area contributed by atoms with Gasteiger partial charge in [-0.05, 0) is 43.6 Å². The van der Waals surface area contributed by atoms with Crippen molar-refractivity contribution in [2.75, 3.05) is 27.2 Å². The molecule has 0 aromatic heterocycles. The summed E-state index contributed by atoms with van der Waals surface area (Å²) in [7, 11) is 3.52. The van der Waals surface area contributed by atoms with E-state index in [2.05, 4.69) is 33.0 Å². The van der Waals surface area contributed by atoms with Gasteiger partial charge in [0.25, 0.3) is 0 Å². The summed E-state index contributed by atoms with van der Waals surface area (Å²) < 4.78 is 6.00. The number of rotatable bonds is 2. The number of methoxy groups -OCH3 is 1. The number of hydrogen-bond acceptors (Lipinski definition) is 3. The highest BCUT2D eigenvalue weighted by Gasteiger charge is 2.34. The van der Waals surface area contributed by atoms with Gasteiger partial charge in [0.15, 0.2) is 0 Å². The minimum atomic E-state index is -0.102. The summed E-state index contributed by atoms with van der Waals surface area (Å²) in [5, 5.41) is 0. The quantitative estimate of drug-likeness (QED) is 0.786. The Labute approximate surface area is 116 Å². The SMILES string of the molecule is COC(=O)[C@H]1CN(C)CC[C@@H]1c1ccc(Br)cc1. The van der Waals surface area contributed by atoms with Gasteiger partial charge in [0.05, 0.1) is 13.0 Å². The normalized spacial score (nSPS) is 24.8. The summed E-state index contributed by atoms with van der Waals surface area (Å²) in [4.78, 5) is 14.1.